The van der Waals surface area contributed by atoms with Crippen LogP contribution in [-0.2, 0) is 5.41 Å². The van der Waals surface area contributed by atoms with Crippen molar-refractivity contribution in [1.82, 2.24) is 0 Å². The lowest BCUT2D eigenvalue weighted by Gasteiger charge is -2.32. The van der Waals surface area contributed by atoms with Crippen molar-refractivity contribution in [1.29, 1.82) is 0 Å². The van der Waals surface area contributed by atoms with Gasteiger partial charge in [0.05, 0.1) is 0 Å². The second-order valence-electron chi connectivity index (χ2n) is 6.39. The lowest BCUT2D eigenvalue weighted by Crippen LogP contribution is -2.24. The van der Waals surface area contributed by atoms with Crippen LogP contribution in [0.5, 0.6) is 11.5 Å². The summed E-state index contributed by atoms with van der Waals surface area (Å²) in [5.74, 6) is 0.480. The van der Waals surface area contributed by atoms with Crippen LogP contribution in [0, 0.1) is 0 Å². The van der Waals surface area contributed by atoms with E-state index in [2.05, 4.69) is 27.0 Å². The SMILES string of the molecule is C=Cc1cc(C(C)(CCCC)c2ccc(O)c(C=C)c2)ccc1O. The largest absolute Gasteiger partial charge is 0.507 e. The van der Waals surface area contributed by atoms with Crippen LogP contribution in [0.25, 0.3) is 12.2 Å². The van der Waals surface area contributed by atoms with Crippen LogP contribution < -0.4 is 0 Å². The van der Waals surface area contributed by atoms with E-state index in [1.165, 1.54) is 0 Å². The van der Waals surface area contributed by atoms with Gasteiger partial charge in [-0.05, 0) is 41.8 Å². The van der Waals surface area contributed by atoms with Gasteiger partial charge in [-0.3, -0.25) is 0 Å². The highest BCUT2D eigenvalue weighted by Gasteiger charge is 2.29. The fraction of sp³-hybridized carbons (Fsp3) is 0.273. The summed E-state index contributed by atoms with van der Waals surface area (Å²) in [5.41, 5.74) is 3.51. The fourth-order valence-corrected chi connectivity index (χ4v) is 3.11. The average molecular weight is 322 g/mol. The van der Waals surface area contributed by atoms with E-state index in [9.17, 15) is 10.2 Å². The lowest BCUT2D eigenvalue weighted by molar-refractivity contribution is 0.466. The molecule has 0 fully saturated rings. The molecule has 2 aromatic rings. The van der Waals surface area contributed by atoms with E-state index in [1.54, 1.807) is 24.3 Å². The molecule has 2 rings (SSSR count). The van der Waals surface area contributed by atoms with Gasteiger partial charge in [0.15, 0.2) is 0 Å². The van der Waals surface area contributed by atoms with Crippen molar-refractivity contribution in [2.75, 3.05) is 0 Å². The van der Waals surface area contributed by atoms with E-state index in [0.29, 0.717) is 0 Å². The molecule has 2 aromatic carbocycles. The van der Waals surface area contributed by atoms with Crippen LogP contribution in [0.1, 0.15) is 55.4 Å². The van der Waals surface area contributed by atoms with Gasteiger partial charge in [0.2, 0.25) is 0 Å². The molecule has 2 nitrogen and oxygen atoms in total. The molecule has 0 bridgehead atoms. The molecule has 0 amide bonds. The summed E-state index contributed by atoms with van der Waals surface area (Å²) < 4.78 is 0. The molecule has 2 heteroatoms. The van der Waals surface area contributed by atoms with Crippen LogP contribution >= 0.6 is 0 Å². The Balaban J connectivity index is 2.61. The quantitative estimate of drug-likeness (QED) is 0.668. The van der Waals surface area contributed by atoms with Crippen LogP contribution in [0.4, 0.5) is 0 Å². The number of rotatable bonds is 7. The summed E-state index contributed by atoms with van der Waals surface area (Å²) >= 11 is 0. The molecule has 0 aromatic heterocycles. The summed E-state index contributed by atoms with van der Waals surface area (Å²) in [7, 11) is 0. The van der Waals surface area contributed by atoms with E-state index < -0.39 is 0 Å². The second-order valence-corrected chi connectivity index (χ2v) is 6.39. The molecule has 0 saturated carbocycles. The van der Waals surface area contributed by atoms with Crippen molar-refractivity contribution in [2.24, 2.45) is 0 Å². The Labute approximate surface area is 144 Å². The van der Waals surface area contributed by atoms with Gasteiger partial charge in [0.25, 0.3) is 0 Å². The van der Waals surface area contributed by atoms with Crippen molar-refractivity contribution < 1.29 is 10.2 Å². The van der Waals surface area contributed by atoms with Crippen LogP contribution in [0.2, 0.25) is 0 Å². The molecular weight excluding hydrogens is 296 g/mol. The summed E-state index contributed by atoms with van der Waals surface area (Å²) in [4.78, 5) is 0. The van der Waals surface area contributed by atoms with Crippen LogP contribution in [-0.4, -0.2) is 10.2 Å². The van der Waals surface area contributed by atoms with Crippen molar-refractivity contribution in [3.63, 3.8) is 0 Å². The van der Waals surface area contributed by atoms with Crippen molar-refractivity contribution in [2.45, 2.75) is 38.5 Å². The maximum absolute atomic E-state index is 9.95. The molecule has 0 atom stereocenters. The number of phenols is 2. The first-order chi connectivity index (χ1) is 11.5. The van der Waals surface area contributed by atoms with Crippen LogP contribution in [0.3, 0.4) is 0 Å². The van der Waals surface area contributed by atoms with E-state index >= 15 is 0 Å². The second kappa shape index (κ2) is 7.39. The zero-order valence-electron chi connectivity index (χ0n) is 14.5. The third-order valence-electron chi connectivity index (χ3n) is 4.80. The van der Waals surface area contributed by atoms with E-state index in [0.717, 1.165) is 41.5 Å². The number of hydrogen-bond donors (Lipinski definition) is 2. The number of phenolic OH excluding ortho intramolecular Hbond substituents is 2. The Morgan fingerprint density at radius 1 is 0.917 bits per heavy atom. The number of hydrogen-bond acceptors (Lipinski definition) is 2. The highest BCUT2D eigenvalue weighted by atomic mass is 16.3. The van der Waals surface area contributed by atoms with E-state index in [1.807, 2.05) is 24.3 Å². The molecule has 0 heterocycles. The zero-order chi connectivity index (χ0) is 17.7. The molecule has 126 valence electrons. The summed E-state index contributed by atoms with van der Waals surface area (Å²) in [6, 6.07) is 11.4. The molecular formula is C22H26O2. The molecule has 2 N–H and O–H groups in total. The number of unbranched alkanes of at least 4 members (excludes halogenated alkanes) is 1. The zero-order valence-corrected chi connectivity index (χ0v) is 14.5. The predicted molar refractivity (Wildman–Crippen MR) is 102 cm³/mol. The molecule has 24 heavy (non-hydrogen) atoms. The van der Waals surface area contributed by atoms with Crippen molar-refractivity contribution >= 4 is 12.2 Å². The minimum absolute atomic E-state index is 0.215. The predicted octanol–water partition coefficient (Wildman–Crippen LogP) is 5.88. The topological polar surface area (TPSA) is 40.5 Å². The van der Waals surface area contributed by atoms with Crippen molar-refractivity contribution in [3.8, 4) is 11.5 Å². The molecule has 0 aliphatic heterocycles. The van der Waals surface area contributed by atoms with Gasteiger partial charge in [-0.25, -0.2) is 0 Å². The van der Waals surface area contributed by atoms with Gasteiger partial charge >= 0.3 is 0 Å². The summed E-state index contributed by atoms with van der Waals surface area (Å²) in [5, 5.41) is 19.9. The third kappa shape index (κ3) is 3.38. The summed E-state index contributed by atoms with van der Waals surface area (Å²) in [6.07, 6.45) is 6.52. The average Bonchev–Trinajstić information content (AvgIpc) is 2.60. The third-order valence-corrected chi connectivity index (χ3v) is 4.80. The molecule has 0 aliphatic rings. The van der Waals surface area contributed by atoms with Crippen LogP contribution in [0.15, 0.2) is 49.6 Å². The molecule has 0 aliphatic carbocycles. The minimum Gasteiger partial charge on any atom is -0.507 e. The summed E-state index contributed by atoms with van der Waals surface area (Å²) in [6.45, 7) is 12.0. The standard InChI is InChI=1S/C22H26O2/c1-5-8-13-22(4,18-9-11-20(23)16(6-2)14-18)19-10-12-21(24)17(7-3)15-19/h6-7,9-12,14-15,23-24H,2-3,5,8,13H2,1,4H3. The van der Waals surface area contributed by atoms with E-state index in [4.69, 9.17) is 0 Å². The molecule has 0 unspecified atom stereocenters. The Morgan fingerprint density at radius 3 is 1.75 bits per heavy atom. The maximum Gasteiger partial charge on any atom is 0.122 e. The van der Waals surface area contributed by atoms with Gasteiger partial charge in [-0.2, -0.15) is 0 Å². The van der Waals surface area contributed by atoms with E-state index in [-0.39, 0.29) is 16.9 Å². The smallest absolute Gasteiger partial charge is 0.122 e. The van der Waals surface area contributed by atoms with Crippen molar-refractivity contribution in [3.05, 3.63) is 71.8 Å². The Bertz CT molecular complexity index is 686. The van der Waals surface area contributed by atoms with Gasteiger partial charge in [-0.15, -0.1) is 0 Å². The first-order valence-electron chi connectivity index (χ1n) is 8.38. The first kappa shape index (κ1) is 17.9. The van der Waals surface area contributed by atoms with Gasteiger partial charge in [0, 0.05) is 16.5 Å². The normalized spacial score (nSPS) is 11.2. The molecule has 0 radical (unpaired) electrons. The van der Waals surface area contributed by atoms with Gasteiger partial charge in [-0.1, -0.05) is 64.1 Å². The highest BCUT2D eigenvalue weighted by Crippen LogP contribution is 2.40. The minimum atomic E-state index is -0.215. The number of benzene rings is 2. The van der Waals surface area contributed by atoms with Gasteiger partial charge < -0.3 is 10.2 Å². The Hall–Kier alpha value is -2.48. The first-order valence-corrected chi connectivity index (χ1v) is 8.38. The maximum atomic E-state index is 9.95. The van der Waals surface area contributed by atoms with Gasteiger partial charge in [0.1, 0.15) is 11.5 Å². The molecule has 0 saturated heterocycles. The highest BCUT2D eigenvalue weighted by molar-refractivity contribution is 5.60. The Kier molecular flexibility index (Phi) is 5.50. The fourth-order valence-electron chi connectivity index (χ4n) is 3.11. The number of aromatic hydroxyl groups is 2. The molecule has 0 spiro atoms. The lowest BCUT2D eigenvalue weighted by atomic mass is 9.72. The Morgan fingerprint density at radius 2 is 1.38 bits per heavy atom. The monoisotopic (exact) mass is 322 g/mol.